The number of H-pyrrole nitrogens is 1. The lowest BCUT2D eigenvalue weighted by Gasteiger charge is -2.30. The van der Waals surface area contributed by atoms with Crippen molar-refractivity contribution in [3.05, 3.63) is 109 Å². The number of anilines is 2. The van der Waals surface area contributed by atoms with E-state index in [0.717, 1.165) is 33.6 Å². The molecular weight excluding hydrogens is 580 g/mol. The smallest absolute Gasteiger partial charge is 0.305 e. The van der Waals surface area contributed by atoms with Gasteiger partial charge in [0.1, 0.15) is 11.0 Å². The number of nitrogens with zero attached hydrogens (tertiary/aromatic N) is 2. The maximum absolute atomic E-state index is 13.9. The van der Waals surface area contributed by atoms with Gasteiger partial charge in [-0.25, -0.2) is 4.90 Å². The molecular formula is C29H22N4O7S2. The second-order valence-electron chi connectivity index (χ2n) is 9.81. The standard InChI is InChI=1S/C29H22N4O7S2/c1-15-4-2-6-17(12-15)30-21(34)14-40-20-7-3-5-16(13-20)22-23-25(41-26-24(22)42-29(37)31-26)28(36)32(27(23)35)18-8-10-19(11-9-18)33(38)39/h2-13,22-23,25H,14H2,1H3,(H,30,34)(H,31,37)/t22-,23?,25?/m1/s1. The molecule has 0 radical (unpaired) electrons. The molecule has 2 aliphatic rings. The first kappa shape index (κ1) is 27.4. The van der Waals surface area contributed by atoms with Crippen molar-refractivity contribution in [1.29, 1.82) is 0 Å². The molecule has 3 heterocycles. The van der Waals surface area contributed by atoms with E-state index >= 15 is 0 Å². The van der Waals surface area contributed by atoms with Crippen LogP contribution in [0.15, 0.2) is 82.6 Å². The number of aromatic amines is 1. The van der Waals surface area contributed by atoms with Gasteiger partial charge in [-0.2, -0.15) is 0 Å². The quantitative estimate of drug-likeness (QED) is 0.179. The Morgan fingerprint density at radius 1 is 1.05 bits per heavy atom. The van der Waals surface area contributed by atoms with E-state index < -0.39 is 33.8 Å². The third kappa shape index (κ3) is 5.08. The van der Waals surface area contributed by atoms with Crippen LogP contribution in [0.4, 0.5) is 17.1 Å². The molecule has 0 aliphatic carbocycles. The number of hydrogen-bond acceptors (Lipinski definition) is 9. The first-order valence-corrected chi connectivity index (χ1v) is 14.5. The number of amides is 3. The van der Waals surface area contributed by atoms with Crippen LogP contribution in [0.3, 0.4) is 0 Å². The topological polar surface area (TPSA) is 152 Å². The number of nitrogens with one attached hydrogen (secondary N) is 2. The summed E-state index contributed by atoms with van der Waals surface area (Å²) in [4.78, 5) is 67.0. The number of carbonyl (C=O) groups excluding carboxylic acids is 3. The number of aromatic nitrogens is 1. The van der Waals surface area contributed by atoms with Gasteiger partial charge >= 0.3 is 4.87 Å². The predicted octanol–water partition coefficient (Wildman–Crippen LogP) is 4.47. The zero-order valence-corrected chi connectivity index (χ0v) is 23.6. The minimum atomic E-state index is -0.837. The van der Waals surface area contributed by atoms with Crippen molar-refractivity contribution in [1.82, 2.24) is 4.98 Å². The van der Waals surface area contributed by atoms with Crippen molar-refractivity contribution in [2.24, 2.45) is 5.92 Å². The van der Waals surface area contributed by atoms with Crippen molar-refractivity contribution >= 4 is 57.9 Å². The molecule has 11 nitrogen and oxygen atoms in total. The van der Waals surface area contributed by atoms with Gasteiger partial charge in [0, 0.05) is 28.6 Å². The van der Waals surface area contributed by atoms with Crippen LogP contribution in [0.1, 0.15) is 21.9 Å². The predicted molar refractivity (Wildman–Crippen MR) is 157 cm³/mol. The van der Waals surface area contributed by atoms with Crippen LogP contribution in [0.25, 0.3) is 0 Å². The van der Waals surface area contributed by atoms with E-state index in [1.54, 1.807) is 30.3 Å². The van der Waals surface area contributed by atoms with Crippen molar-refractivity contribution in [3.63, 3.8) is 0 Å². The van der Waals surface area contributed by atoms with E-state index in [0.29, 0.717) is 26.9 Å². The highest BCUT2D eigenvalue weighted by Crippen LogP contribution is 2.53. The van der Waals surface area contributed by atoms with E-state index in [4.69, 9.17) is 4.74 Å². The zero-order chi connectivity index (χ0) is 29.5. The molecule has 3 atom stereocenters. The lowest BCUT2D eigenvalue weighted by Crippen LogP contribution is -2.32. The summed E-state index contributed by atoms with van der Waals surface area (Å²) in [5.74, 6) is -2.37. The summed E-state index contributed by atoms with van der Waals surface area (Å²) in [5.41, 5.74) is 2.37. The first-order chi connectivity index (χ1) is 20.2. The van der Waals surface area contributed by atoms with E-state index in [2.05, 4.69) is 10.3 Å². The maximum atomic E-state index is 13.9. The van der Waals surface area contributed by atoms with Crippen molar-refractivity contribution in [2.45, 2.75) is 23.1 Å². The second-order valence-corrected chi connectivity index (χ2v) is 12.0. The van der Waals surface area contributed by atoms with E-state index in [1.165, 1.54) is 24.3 Å². The Balaban J connectivity index is 1.28. The van der Waals surface area contributed by atoms with E-state index in [9.17, 15) is 29.3 Å². The summed E-state index contributed by atoms with van der Waals surface area (Å²) in [6.45, 7) is 1.67. The number of imide groups is 1. The summed E-state index contributed by atoms with van der Waals surface area (Å²) in [5, 5.41) is 13.6. The summed E-state index contributed by atoms with van der Waals surface area (Å²) in [6.07, 6.45) is 0. The van der Waals surface area contributed by atoms with Gasteiger partial charge in [0.15, 0.2) is 6.61 Å². The minimum Gasteiger partial charge on any atom is -0.484 e. The molecule has 2 aliphatic heterocycles. The van der Waals surface area contributed by atoms with Crippen LogP contribution in [0.2, 0.25) is 0 Å². The Labute approximate surface area is 246 Å². The van der Waals surface area contributed by atoms with Crippen LogP contribution in [-0.2, 0) is 14.4 Å². The molecule has 3 amide bonds. The average Bonchev–Trinajstić information content (AvgIpc) is 3.46. The molecule has 0 spiro atoms. The number of aryl methyl sites for hydroxylation is 1. The molecule has 1 fully saturated rings. The number of benzene rings is 3. The first-order valence-electron chi connectivity index (χ1n) is 12.8. The number of carbonyl (C=O) groups is 3. The number of fused-ring (bicyclic) bond motifs is 2. The highest BCUT2D eigenvalue weighted by Gasteiger charge is 2.56. The van der Waals surface area contributed by atoms with Crippen molar-refractivity contribution in [2.75, 3.05) is 16.8 Å². The number of hydrogen-bond donors (Lipinski definition) is 2. The third-order valence-corrected chi connectivity index (χ3v) is 9.43. The monoisotopic (exact) mass is 602 g/mol. The van der Waals surface area contributed by atoms with E-state index in [1.807, 2.05) is 25.1 Å². The summed E-state index contributed by atoms with van der Waals surface area (Å²) in [7, 11) is 0. The molecule has 212 valence electrons. The van der Waals surface area contributed by atoms with Gasteiger partial charge in [0.05, 0.1) is 21.6 Å². The fourth-order valence-corrected chi connectivity index (χ4v) is 7.74. The van der Waals surface area contributed by atoms with Gasteiger partial charge in [-0.1, -0.05) is 47.4 Å². The molecule has 0 bridgehead atoms. The molecule has 2 unspecified atom stereocenters. The number of nitro benzene ring substituents is 1. The van der Waals surface area contributed by atoms with Gasteiger partial charge in [0.25, 0.3) is 11.6 Å². The molecule has 4 aromatic rings. The Kier molecular flexibility index (Phi) is 7.12. The highest BCUT2D eigenvalue weighted by molar-refractivity contribution is 8.00. The molecule has 2 N–H and O–H groups in total. The molecule has 1 saturated heterocycles. The SMILES string of the molecule is Cc1cccc(NC(=O)COc2cccc([C@H]3c4sc(=O)[nH]c4SC4C(=O)N(c5ccc([N+](=O)[O-])cc5)C(=O)C43)c2)c1. The fourth-order valence-electron chi connectivity index (χ4n) is 5.22. The molecule has 13 heteroatoms. The Morgan fingerprint density at radius 2 is 1.81 bits per heavy atom. The van der Waals surface area contributed by atoms with Gasteiger partial charge in [-0.05, 0) is 54.4 Å². The van der Waals surface area contributed by atoms with Crippen LogP contribution in [0.5, 0.6) is 5.75 Å². The van der Waals surface area contributed by atoms with Crippen molar-refractivity contribution in [3.8, 4) is 5.75 Å². The molecule has 6 rings (SSSR count). The average molecular weight is 603 g/mol. The van der Waals surface area contributed by atoms with Gasteiger partial charge < -0.3 is 15.0 Å². The molecule has 0 saturated carbocycles. The fraction of sp³-hybridized carbons (Fsp3) is 0.172. The number of thioether (sulfide) groups is 1. The Hall–Kier alpha value is -4.75. The van der Waals surface area contributed by atoms with Crippen LogP contribution in [-0.4, -0.2) is 39.5 Å². The summed E-state index contributed by atoms with van der Waals surface area (Å²) in [6, 6.07) is 19.5. The Bertz CT molecular complexity index is 1800. The lowest BCUT2D eigenvalue weighted by atomic mass is 9.83. The van der Waals surface area contributed by atoms with Crippen LogP contribution >= 0.6 is 23.1 Å². The summed E-state index contributed by atoms with van der Waals surface area (Å²) >= 11 is 2.12. The number of ether oxygens (including phenoxy) is 1. The number of rotatable bonds is 7. The molecule has 42 heavy (non-hydrogen) atoms. The van der Waals surface area contributed by atoms with Crippen molar-refractivity contribution < 1.29 is 24.0 Å². The van der Waals surface area contributed by atoms with Gasteiger partial charge in [-0.15, -0.1) is 0 Å². The van der Waals surface area contributed by atoms with Crippen LogP contribution < -0.4 is 19.8 Å². The minimum absolute atomic E-state index is 0.161. The van der Waals surface area contributed by atoms with Gasteiger partial charge in [-0.3, -0.25) is 29.3 Å². The number of nitro groups is 1. The second kappa shape index (κ2) is 10.9. The Morgan fingerprint density at radius 3 is 2.55 bits per heavy atom. The zero-order valence-electron chi connectivity index (χ0n) is 21.9. The van der Waals surface area contributed by atoms with Crippen LogP contribution in [0, 0.1) is 23.0 Å². The normalized spacial score (nSPS) is 19.3. The number of non-ortho nitro benzene ring substituents is 1. The number of thiazole rings is 1. The molecule has 1 aromatic heterocycles. The van der Waals surface area contributed by atoms with Gasteiger partial charge in [0.2, 0.25) is 11.8 Å². The maximum Gasteiger partial charge on any atom is 0.305 e. The van der Waals surface area contributed by atoms with E-state index in [-0.39, 0.29) is 28.8 Å². The lowest BCUT2D eigenvalue weighted by molar-refractivity contribution is -0.384. The third-order valence-electron chi connectivity index (χ3n) is 7.03. The molecule has 3 aromatic carbocycles. The highest BCUT2D eigenvalue weighted by atomic mass is 32.2. The summed E-state index contributed by atoms with van der Waals surface area (Å²) < 4.78 is 5.77. The largest absolute Gasteiger partial charge is 0.484 e.